The number of benzene rings is 2. The van der Waals surface area contributed by atoms with Crippen LogP contribution in [-0.2, 0) is 9.47 Å². The van der Waals surface area contributed by atoms with Crippen molar-refractivity contribution in [1.29, 1.82) is 0 Å². The Morgan fingerprint density at radius 2 is 1.82 bits per heavy atom. The van der Waals surface area contributed by atoms with Crippen molar-refractivity contribution in [2.24, 2.45) is 5.92 Å². The topological polar surface area (TPSA) is 57.2 Å². The fourth-order valence-corrected chi connectivity index (χ4v) is 3.59. The van der Waals surface area contributed by atoms with E-state index in [-0.39, 0.29) is 11.5 Å². The van der Waals surface area contributed by atoms with Gasteiger partial charge in [-0.1, -0.05) is 0 Å². The maximum atomic E-state index is 12.8. The Morgan fingerprint density at radius 3 is 2.39 bits per heavy atom. The van der Waals surface area contributed by atoms with Gasteiger partial charge < -0.3 is 23.8 Å². The third kappa shape index (κ3) is 7.05. The fourth-order valence-electron chi connectivity index (χ4n) is 3.59. The lowest BCUT2D eigenvalue weighted by Gasteiger charge is -2.28. The zero-order valence-electron chi connectivity index (χ0n) is 19.5. The molecule has 1 aliphatic heterocycles. The van der Waals surface area contributed by atoms with Crippen LogP contribution in [0.15, 0.2) is 42.5 Å². The number of halogens is 2. The zero-order valence-corrected chi connectivity index (χ0v) is 19.5. The highest BCUT2D eigenvalue weighted by atomic mass is 19.3. The number of ether oxygens (including phenoxy) is 4. The van der Waals surface area contributed by atoms with Crippen molar-refractivity contribution in [3.05, 3.63) is 48.0 Å². The summed E-state index contributed by atoms with van der Waals surface area (Å²) in [5, 5.41) is 0. The van der Waals surface area contributed by atoms with Gasteiger partial charge in [-0.2, -0.15) is 8.78 Å². The van der Waals surface area contributed by atoms with Crippen molar-refractivity contribution in [1.82, 2.24) is 0 Å². The first-order chi connectivity index (χ1) is 15.7. The first-order valence-electron chi connectivity index (χ1n) is 11.1. The van der Waals surface area contributed by atoms with Gasteiger partial charge in [-0.05, 0) is 70.5 Å². The number of anilines is 2. The molecule has 0 aromatic heterocycles. The molecule has 1 saturated heterocycles. The lowest BCUT2D eigenvalue weighted by molar-refractivity contribution is -0.0514. The highest BCUT2D eigenvalue weighted by molar-refractivity contribution is 5.90. The van der Waals surface area contributed by atoms with Crippen molar-refractivity contribution in [3.8, 4) is 11.5 Å². The molecule has 2 aromatic rings. The number of hydrogen-bond donors (Lipinski definition) is 0. The van der Waals surface area contributed by atoms with Gasteiger partial charge in [0.1, 0.15) is 5.60 Å². The molecule has 0 N–H and O–H groups in total. The van der Waals surface area contributed by atoms with Gasteiger partial charge in [-0.15, -0.1) is 0 Å². The summed E-state index contributed by atoms with van der Waals surface area (Å²) in [7, 11) is 0. The Bertz CT molecular complexity index is 921. The van der Waals surface area contributed by atoms with Crippen LogP contribution in [0.2, 0.25) is 0 Å². The summed E-state index contributed by atoms with van der Waals surface area (Å²) in [6.45, 7) is 6.63. The van der Waals surface area contributed by atoms with E-state index in [1.807, 2.05) is 32.9 Å². The van der Waals surface area contributed by atoms with Crippen LogP contribution in [0.3, 0.4) is 0 Å². The number of carbonyl (C=O) groups excluding carboxylic acids is 1. The molecular formula is C25H31F2NO5. The van der Waals surface area contributed by atoms with Crippen molar-refractivity contribution in [2.75, 3.05) is 31.3 Å². The molecule has 0 amide bonds. The summed E-state index contributed by atoms with van der Waals surface area (Å²) in [5.74, 6) is 0.147. The number of alkyl halides is 2. The number of hydrogen-bond acceptors (Lipinski definition) is 6. The standard InChI is InChI=1S/C25H31F2NO5/c1-5-31-22-14-20(10-11-21(22)32-24(26)27)28(15-17-12-13-30-16-17)19-8-6-18(7-9-19)23(29)33-25(2,3)4/h6-11,14,17,24H,5,12-13,15-16H2,1-4H3. The summed E-state index contributed by atoms with van der Waals surface area (Å²) < 4.78 is 46.7. The van der Waals surface area contributed by atoms with E-state index >= 15 is 0 Å². The minimum atomic E-state index is -2.94. The predicted octanol–water partition coefficient (Wildman–Crippen LogP) is 5.82. The monoisotopic (exact) mass is 463 g/mol. The van der Waals surface area contributed by atoms with Crippen molar-refractivity contribution >= 4 is 17.3 Å². The molecule has 0 radical (unpaired) electrons. The maximum Gasteiger partial charge on any atom is 0.387 e. The number of carbonyl (C=O) groups is 1. The molecule has 3 rings (SSSR count). The molecule has 1 heterocycles. The Morgan fingerprint density at radius 1 is 1.12 bits per heavy atom. The molecule has 0 spiro atoms. The van der Waals surface area contributed by atoms with E-state index in [1.54, 1.807) is 31.2 Å². The molecule has 6 nitrogen and oxygen atoms in total. The molecule has 1 unspecified atom stereocenters. The molecule has 0 aliphatic carbocycles. The zero-order chi connectivity index (χ0) is 24.0. The van der Waals surface area contributed by atoms with Crippen LogP contribution in [-0.4, -0.2) is 44.5 Å². The Kier molecular flexibility index (Phi) is 8.13. The van der Waals surface area contributed by atoms with Gasteiger partial charge in [0.15, 0.2) is 11.5 Å². The van der Waals surface area contributed by atoms with Gasteiger partial charge in [-0.3, -0.25) is 0 Å². The molecule has 8 heteroatoms. The first kappa shape index (κ1) is 24.8. The largest absolute Gasteiger partial charge is 0.490 e. The quantitative estimate of drug-likeness (QED) is 0.437. The van der Waals surface area contributed by atoms with Gasteiger partial charge in [0.2, 0.25) is 0 Å². The molecule has 1 aliphatic rings. The second-order valence-electron chi connectivity index (χ2n) is 8.83. The molecule has 180 valence electrons. The lowest BCUT2D eigenvalue weighted by Crippen LogP contribution is -2.26. The minimum Gasteiger partial charge on any atom is -0.490 e. The summed E-state index contributed by atoms with van der Waals surface area (Å²) in [6.07, 6.45) is 0.928. The minimum absolute atomic E-state index is 0.0139. The van der Waals surface area contributed by atoms with Crippen LogP contribution in [0.5, 0.6) is 11.5 Å². The van der Waals surface area contributed by atoms with Gasteiger partial charge >= 0.3 is 12.6 Å². The summed E-state index contributed by atoms with van der Waals surface area (Å²) in [5.41, 5.74) is 1.48. The van der Waals surface area contributed by atoms with Crippen molar-refractivity contribution in [3.63, 3.8) is 0 Å². The predicted molar refractivity (Wildman–Crippen MR) is 122 cm³/mol. The molecular weight excluding hydrogens is 432 g/mol. The average Bonchev–Trinajstić information content (AvgIpc) is 3.25. The maximum absolute atomic E-state index is 12.8. The smallest absolute Gasteiger partial charge is 0.387 e. The van der Waals surface area contributed by atoms with E-state index in [0.717, 1.165) is 17.8 Å². The van der Waals surface area contributed by atoms with Crippen LogP contribution in [0.1, 0.15) is 44.5 Å². The van der Waals surface area contributed by atoms with Crippen molar-refractivity contribution < 1.29 is 32.5 Å². The number of rotatable bonds is 9. The van der Waals surface area contributed by atoms with Crippen LogP contribution >= 0.6 is 0 Å². The van der Waals surface area contributed by atoms with Crippen LogP contribution in [0.4, 0.5) is 20.2 Å². The Hall–Kier alpha value is -2.87. The number of esters is 1. The summed E-state index contributed by atoms with van der Waals surface area (Å²) >= 11 is 0. The fraction of sp³-hybridized carbons (Fsp3) is 0.480. The van der Waals surface area contributed by atoms with E-state index in [0.29, 0.717) is 37.8 Å². The third-order valence-corrected chi connectivity index (χ3v) is 5.03. The van der Waals surface area contributed by atoms with Crippen LogP contribution in [0.25, 0.3) is 0 Å². The highest BCUT2D eigenvalue weighted by Gasteiger charge is 2.23. The third-order valence-electron chi connectivity index (χ3n) is 5.03. The first-order valence-corrected chi connectivity index (χ1v) is 11.1. The van der Waals surface area contributed by atoms with Crippen LogP contribution < -0.4 is 14.4 Å². The highest BCUT2D eigenvalue weighted by Crippen LogP contribution is 2.37. The van der Waals surface area contributed by atoms with Gasteiger partial charge in [0, 0.05) is 36.5 Å². The summed E-state index contributed by atoms with van der Waals surface area (Å²) in [4.78, 5) is 14.5. The Labute approximate surface area is 193 Å². The molecule has 1 fully saturated rings. The summed E-state index contributed by atoms with van der Waals surface area (Å²) in [6, 6.07) is 12.0. The SMILES string of the molecule is CCOc1cc(N(CC2CCOC2)c2ccc(C(=O)OC(C)(C)C)cc2)ccc1OC(F)F. The van der Waals surface area contributed by atoms with Crippen molar-refractivity contribution in [2.45, 2.75) is 46.3 Å². The molecule has 0 bridgehead atoms. The average molecular weight is 464 g/mol. The molecule has 33 heavy (non-hydrogen) atoms. The van der Waals surface area contributed by atoms with Gasteiger partial charge in [0.25, 0.3) is 0 Å². The number of nitrogens with zero attached hydrogens (tertiary/aromatic N) is 1. The second kappa shape index (κ2) is 10.8. The van der Waals surface area contributed by atoms with E-state index in [2.05, 4.69) is 9.64 Å². The molecule has 2 aromatic carbocycles. The van der Waals surface area contributed by atoms with E-state index < -0.39 is 18.2 Å². The van der Waals surface area contributed by atoms with Gasteiger partial charge in [0.05, 0.1) is 18.8 Å². The normalized spacial score (nSPS) is 16.0. The Balaban J connectivity index is 1.91. The van der Waals surface area contributed by atoms with Gasteiger partial charge in [-0.25, -0.2) is 4.79 Å². The molecule has 0 saturated carbocycles. The van der Waals surface area contributed by atoms with Crippen LogP contribution in [0, 0.1) is 5.92 Å². The van der Waals surface area contributed by atoms with E-state index in [9.17, 15) is 13.6 Å². The lowest BCUT2D eigenvalue weighted by atomic mass is 10.1. The van der Waals surface area contributed by atoms with E-state index in [1.165, 1.54) is 6.07 Å². The van der Waals surface area contributed by atoms with E-state index in [4.69, 9.17) is 14.2 Å². The second-order valence-corrected chi connectivity index (χ2v) is 8.83. The molecule has 1 atom stereocenters.